The van der Waals surface area contributed by atoms with Gasteiger partial charge < -0.3 is 5.32 Å². The van der Waals surface area contributed by atoms with E-state index in [4.69, 9.17) is 0 Å². The molecule has 22 heavy (non-hydrogen) atoms. The SMILES string of the molecule is Cc1ccnc2nc(C(=O)N[C@@H]3CCc4ccccc43)nn12. The van der Waals surface area contributed by atoms with Crippen molar-refractivity contribution in [2.45, 2.75) is 25.8 Å². The summed E-state index contributed by atoms with van der Waals surface area (Å²) in [5.41, 5.74) is 3.38. The summed E-state index contributed by atoms with van der Waals surface area (Å²) in [4.78, 5) is 20.7. The first kappa shape index (κ1) is 12.9. The number of carbonyl (C=O) groups excluding carboxylic acids is 1. The number of benzene rings is 1. The Morgan fingerprint density at radius 3 is 3.05 bits per heavy atom. The maximum absolute atomic E-state index is 12.4. The first-order valence-corrected chi connectivity index (χ1v) is 7.29. The molecule has 3 aromatic rings. The summed E-state index contributed by atoms with van der Waals surface area (Å²) in [6.45, 7) is 1.90. The number of carbonyl (C=O) groups is 1. The van der Waals surface area contributed by atoms with Crippen LogP contribution in [0.4, 0.5) is 0 Å². The van der Waals surface area contributed by atoms with E-state index < -0.39 is 0 Å². The summed E-state index contributed by atoms with van der Waals surface area (Å²) >= 11 is 0. The van der Waals surface area contributed by atoms with Crippen LogP contribution in [0.2, 0.25) is 0 Å². The minimum absolute atomic E-state index is 0.0318. The number of aryl methyl sites for hydroxylation is 2. The molecule has 1 aromatic carbocycles. The third-order valence-electron chi connectivity index (χ3n) is 4.07. The van der Waals surface area contributed by atoms with Crippen molar-refractivity contribution in [3.8, 4) is 0 Å². The van der Waals surface area contributed by atoms with Crippen LogP contribution in [0.1, 0.15) is 39.9 Å². The quantitative estimate of drug-likeness (QED) is 0.782. The van der Waals surface area contributed by atoms with Crippen LogP contribution in [-0.2, 0) is 6.42 Å². The highest BCUT2D eigenvalue weighted by atomic mass is 16.2. The van der Waals surface area contributed by atoms with Gasteiger partial charge in [-0.15, -0.1) is 5.10 Å². The molecule has 1 N–H and O–H groups in total. The van der Waals surface area contributed by atoms with Crippen LogP contribution in [0.3, 0.4) is 0 Å². The van der Waals surface area contributed by atoms with Gasteiger partial charge in [0.25, 0.3) is 11.7 Å². The molecule has 0 aliphatic heterocycles. The fourth-order valence-corrected chi connectivity index (χ4v) is 2.93. The van der Waals surface area contributed by atoms with Gasteiger partial charge in [0, 0.05) is 11.9 Å². The van der Waals surface area contributed by atoms with Gasteiger partial charge in [-0.2, -0.15) is 4.98 Å². The second-order valence-electron chi connectivity index (χ2n) is 5.50. The molecule has 1 atom stereocenters. The van der Waals surface area contributed by atoms with Crippen molar-refractivity contribution in [3.05, 3.63) is 59.2 Å². The Kier molecular flexibility index (Phi) is 2.89. The van der Waals surface area contributed by atoms with Gasteiger partial charge in [-0.25, -0.2) is 9.50 Å². The molecule has 0 saturated carbocycles. The number of hydrogen-bond donors (Lipinski definition) is 1. The third-order valence-corrected chi connectivity index (χ3v) is 4.07. The molecule has 0 spiro atoms. The molecule has 4 rings (SSSR count). The monoisotopic (exact) mass is 293 g/mol. The summed E-state index contributed by atoms with van der Waals surface area (Å²) in [5, 5.41) is 7.27. The molecule has 2 aromatic heterocycles. The first-order chi connectivity index (χ1) is 10.7. The van der Waals surface area contributed by atoms with Crippen molar-refractivity contribution >= 4 is 11.7 Å². The van der Waals surface area contributed by atoms with Crippen molar-refractivity contribution < 1.29 is 4.79 Å². The van der Waals surface area contributed by atoms with E-state index in [-0.39, 0.29) is 17.8 Å². The summed E-state index contributed by atoms with van der Waals surface area (Å²) in [6, 6.07) is 10.1. The fraction of sp³-hybridized carbons (Fsp3) is 0.250. The van der Waals surface area contributed by atoms with Gasteiger partial charge in [0.2, 0.25) is 5.82 Å². The average Bonchev–Trinajstić information content (AvgIpc) is 3.13. The smallest absolute Gasteiger partial charge is 0.291 e. The van der Waals surface area contributed by atoms with Gasteiger partial charge in [0.05, 0.1) is 6.04 Å². The van der Waals surface area contributed by atoms with E-state index in [1.54, 1.807) is 10.7 Å². The molecule has 6 nitrogen and oxygen atoms in total. The number of aromatic nitrogens is 4. The molecule has 110 valence electrons. The lowest BCUT2D eigenvalue weighted by Crippen LogP contribution is -2.28. The summed E-state index contributed by atoms with van der Waals surface area (Å²) < 4.78 is 1.58. The Bertz CT molecular complexity index is 870. The van der Waals surface area contributed by atoms with E-state index in [9.17, 15) is 4.79 Å². The summed E-state index contributed by atoms with van der Waals surface area (Å²) in [6.07, 6.45) is 3.56. The Morgan fingerprint density at radius 2 is 2.18 bits per heavy atom. The lowest BCUT2D eigenvalue weighted by Gasteiger charge is -2.12. The minimum atomic E-state index is -0.258. The van der Waals surface area contributed by atoms with E-state index in [0.29, 0.717) is 5.78 Å². The molecule has 1 amide bonds. The zero-order valence-corrected chi connectivity index (χ0v) is 12.2. The Hall–Kier alpha value is -2.76. The van der Waals surface area contributed by atoms with Crippen molar-refractivity contribution in [1.82, 2.24) is 24.9 Å². The zero-order chi connectivity index (χ0) is 15.1. The predicted molar refractivity (Wildman–Crippen MR) is 80.5 cm³/mol. The van der Waals surface area contributed by atoms with Gasteiger partial charge in [-0.1, -0.05) is 24.3 Å². The molecule has 2 heterocycles. The maximum Gasteiger partial charge on any atom is 0.291 e. The lowest BCUT2D eigenvalue weighted by atomic mass is 10.1. The number of amides is 1. The number of fused-ring (bicyclic) bond motifs is 2. The van der Waals surface area contributed by atoms with Crippen LogP contribution >= 0.6 is 0 Å². The van der Waals surface area contributed by atoms with Crippen molar-refractivity contribution in [2.75, 3.05) is 0 Å². The Balaban J connectivity index is 1.61. The van der Waals surface area contributed by atoms with E-state index in [1.165, 1.54) is 11.1 Å². The lowest BCUT2D eigenvalue weighted by molar-refractivity contribution is 0.0926. The second-order valence-corrected chi connectivity index (χ2v) is 5.50. The molecule has 6 heteroatoms. The van der Waals surface area contributed by atoms with Gasteiger partial charge >= 0.3 is 0 Å². The van der Waals surface area contributed by atoms with E-state index in [0.717, 1.165) is 18.5 Å². The molecule has 0 bridgehead atoms. The first-order valence-electron chi connectivity index (χ1n) is 7.29. The Morgan fingerprint density at radius 1 is 1.32 bits per heavy atom. The highest BCUT2D eigenvalue weighted by Crippen LogP contribution is 2.30. The molecule has 0 radical (unpaired) electrons. The molecular weight excluding hydrogens is 278 g/mol. The van der Waals surface area contributed by atoms with Crippen LogP contribution < -0.4 is 5.32 Å². The van der Waals surface area contributed by atoms with E-state index >= 15 is 0 Å². The summed E-state index contributed by atoms with van der Waals surface area (Å²) in [7, 11) is 0. The molecule has 1 aliphatic carbocycles. The van der Waals surface area contributed by atoms with Gasteiger partial charge in [-0.3, -0.25) is 4.79 Å². The van der Waals surface area contributed by atoms with Crippen LogP contribution in [0.5, 0.6) is 0 Å². The Labute approximate surface area is 127 Å². The molecule has 0 fully saturated rings. The standard InChI is InChI=1S/C16H15N5O/c1-10-8-9-17-16-19-14(20-21(10)16)15(22)18-13-7-6-11-4-2-3-5-12(11)13/h2-5,8-9,13H,6-7H2,1H3,(H,18,22)/t13-/m1/s1. The summed E-state index contributed by atoms with van der Waals surface area (Å²) in [5.74, 6) is 0.342. The van der Waals surface area contributed by atoms with Gasteiger partial charge in [-0.05, 0) is 37.0 Å². The van der Waals surface area contributed by atoms with Crippen molar-refractivity contribution in [3.63, 3.8) is 0 Å². The van der Waals surface area contributed by atoms with E-state index in [2.05, 4.69) is 32.5 Å². The third kappa shape index (κ3) is 2.04. The molecule has 0 unspecified atom stereocenters. The van der Waals surface area contributed by atoms with Crippen molar-refractivity contribution in [2.24, 2.45) is 0 Å². The number of rotatable bonds is 2. The number of nitrogens with one attached hydrogen (secondary N) is 1. The highest BCUT2D eigenvalue weighted by molar-refractivity contribution is 5.91. The number of nitrogens with zero attached hydrogens (tertiary/aromatic N) is 4. The topological polar surface area (TPSA) is 72.2 Å². The largest absolute Gasteiger partial charge is 0.342 e. The van der Waals surface area contributed by atoms with Crippen LogP contribution in [0, 0.1) is 6.92 Å². The van der Waals surface area contributed by atoms with Crippen LogP contribution in [0.15, 0.2) is 36.5 Å². The molecule has 1 aliphatic rings. The highest BCUT2D eigenvalue weighted by Gasteiger charge is 2.25. The fourth-order valence-electron chi connectivity index (χ4n) is 2.93. The normalized spacial score (nSPS) is 16.7. The van der Waals surface area contributed by atoms with Crippen molar-refractivity contribution in [1.29, 1.82) is 0 Å². The second kappa shape index (κ2) is 4.91. The maximum atomic E-state index is 12.4. The van der Waals surface area contributed by atoms with Gasteiger partial charge in [0.1, 0.15) is 0 Å². The number of hydrogen-bond acceptors (Lipinski definition) is 4. The average molecular weight is 293 g/mol. The minimum Gasteiger partial charge on any atom is -0.342 e. The molecule has 0 saturated heterocycles. The molecular formula is C16H15N5O. The van der Waals surface area contributed by atoms with Gasteiger partial charge in [0.15, 0.2) is 0 Å². The van der Waals surface area contributed by atoms with E-state index in [1.807, 2.05) is 25.1 Å². The zero-order valence-electron chi connectivity index (χ0n) is 12.2. The predicted octanol–water partition coefficient (Wildman–Crippen LogP) is 1.85. The van der Waals surface area contributed by atoms with Crippen LogP contribution in [-0.4, -0.2) is 25.5 Å². The van der Waals surface area contributed by atoms with Crippen LogP contribution in [0.25, 0.3) is 5.78 Å².